The molecule has 1 aliphatic carbocycles. The Morgan fingerprint density at radius 2 is 1.78 bits per heavy atom. The lowest BCUT2D eigenvalue weighted by Gasteiger charge is -2.22. The van der Waals surface area contributed by atoms with Crippen LogP contribution in [0.3, 0.4) is 0 Å². The quantitative estimate of drug-likeness (QED) is 0.796. The van der Waals surface area contributed by atoms with Crippen molar-refractivity contribution in [2.75, 3.05) is 0 Å². The van der Waals surface area contributed by atoms with Crippen LogP contribution < -0.4 is 0 Å². The van der Waals surface area contributed by atoms with Gasteiger partial charge in [-0.15, -0.1) is 0 Å². The van der Waals surface area contributed by atoms with Crippen molar-refractivity contribution < 1.29 is 22.7 Å². The normalized spacial score (nSPS) is 19.2. The zero-order chi connectivity index (χ0) is 13.3. The Kier molecular flexibility index (Phi) is 3.61. The molecule has 0 amide bonds. The molecule has 0 aromatic heterocycles. The van der Waals surface area contributed by atoms with Crippen molar-refractivity contribution in [2.24, 2.45) is 5.92 Å². The van der Waals surface area contributed by atoms with E-state index < -0.39 is 23.7 Å². The van der Waals surface area contributed by atoms with Crippen molar-refractivity contribution >= 4 is 0 Å². The van der Waals surface area contributed by atoms with Gasteiger partial charge in [-0.3, -0.25) is 0 Å². The van der Waals surface area contributed by atoms with E-state index >= 15 is 0 Å². The summed E-state index contributed by atoms with van der Waals surface area (Å²) in [5, 5.41) is 10.0. The summed E-state index contributed by atoms with van der Waals surface area (Å²) in [5.41, 5.74) is -1.28. The molecule has 1 nitrogen and oxygen atoms in total. The van der Waals surface area contributed by atoms with E-state index in [4.69, 9.17) is 0 Å². The molecule has 1 atom stereocenters. The van der Waals surface area contributed by atoms with Gasteiger partial charge in [0.05, 0.1) is 11.7 Å². The Labute approximate surface area is 102 Å². The highest BCUT2D eigenvalue weighted by molar-refractivity contribution is 5.32. The van der Waals surface area contributed by atoms with Crippen LogP contribution in [0.1, 0.15) is 42.9 Å². The molecule has 1 aromatic rings. The van der Waals surface area contributed by atoms with E-state index in [-0.39, 0.29) is 11.5 Å². The van der Waals surface area contributed by atoms with Crippen molar-refractivity contribution in [1.29, 1.82) is 0 Å². The van der Waals surface area contributed by atoms with Gasteiger partial charge in [-0.2, -0.15) is 13.2 Å². The fourth-order valence-electron chi connectivity index (χ4n) is 2.56. The molecule has 2 rings (SSSR count). The zero-order valence-corrected chi connectivity index (χ0v) is 9.67. The first-order valence-electron chi connectivity index (χ1n) is 5.94. The van der Waals surface area contributed by atoms with Gasteiger partial charge in [0.15, 0.2) is 0 Å². The molecular formula is C13H14F4O. The summed E-state index contributed by atoms with van der Waals surface area (Å²) in [6.45, 7) is 0. The fourth-order valence-corrected chi connectivity index (χ4v) is 2.56. The molecule has 0 bridgehead atoms. The van der Waals surface area contributed by atoms with Gasteiger partial charge in [-0.1, -0.05) is 12.8 Å². The maximum Gasteiger partial charge on any atom is 0.416 e. The summed E-state index contributed by atoms with van der Waals surface area (Å²) in [5.74, 6) is -0.956. The third kappa shape index (κ3) is 2.66. The standard InChI is InChI=1S/C13H14F4O/c14-9-5-6-11(13(15,16)17)10(7-9)12(18)8-3-1-2-4-8/h5-8,12,18H,1-4H2. The second kappa shape index (κ2) is 4.88. The highest BCUT2D eigenvalue weighted by Gasteiger charge is 2.37. The van der Waals surface area contributed by atoms with Gasteiger partial charge >= 0.3 is 6.18 Å². The molecule has 0 spiro atoms. The fraction of sp³-hybridized carbons (Fsp3) is 0.538. The first-order valence-corrected chi connectivity index (χ1v) is 5.94. The van der Waals surface area contributed by atoms with Gasteiger partial charge < -0.3 is 5.11 Å². The highest BCUT2D eigenvalue weighted by atomic mass is 19.4. The molecule has 1 aliphatic rings. The van der Waals surface area contributed by atoms with E-state index in [0.717, 1.165) is 25.0 Å². The molecular weight excluding hydrogens is 248 g/mol. The number of hydrogen-bond donors (Lipinski definition) is 1. The molecule has 1 saturated carbocycles. The van der Waals surface area contributed by atoms with E-state index in [1.165, 1.54) is 0 Å². The van der Waals surface area contributed by atoms with Gasteiger partial charge in [-0.25, -0.2) is 4.39 Å². The first-order chi connectivity index (χ1) is 8.39. The SMILES string of the molecule is OC(c1cc(F)ccc1C(F)(F)F)C1CCCC1. The van der Waals surface area contributed by atoms with Crippen LogP contribution in [-0.4, -0.2) is 5.11 Å². The van der Waals surface area contributed by atoms with E-state index in [1.54, 1.807) is 0 Å². The number of aliphatic hydroxyl groups excluding tert-OH is 1. The second-order valence-corrected chi connectivity index (χ2v) is 4.72. The monoisotopic (exact) mass is 262 g/mol. The number of rotatable bonds is 2. The lowest BCUT2D eigenvalue weighted by atomic mass is 9.91. The summed E-state index contributed by atoms with van der Waals surface area (Å²) in [6, 6.07) is 2.27. The third-order valence-corrected chi connectivity index (χ3v) is 3.48. The van der Waals surface area contributed by atoms with Crippen molar-refractivity contribution in [1.82, 2.24) is 0 Å². The second-order valence-electron chi connectivity index (χ2n) is 4.72. The molecule has 18 heavy (non-hydrogen) atoms. The molecule has 100 valence electrons. The Bertz CT molecular complexity index is 421. The van der Waals surface area contributed by atoms with Crippen molar-refractivity contribution in [3.63, 3.8) is 0 Å². The maximum absolute atomic E-state index is 13.1. The number of halogens is 4. The summed E-state index contributed by atoms with van der Waals surface area (Å²) in [7, 11) is 0. The van der Waals surface area contributed by atoms with Gasteiger partial charge in [0, 0.05) is 0 Å². The molecule has 0 heterocycles. The zero-order valence-electron chi connectivity index (χ0n) is 9.67. The molecule has 1 N–H and O–H groups in total. The van der Waals surface area contributed by atoms with Crippen molar-refractivity contribution in [3.8, 4) is 0 Å². The lowest BCUT2D eigenvalue weighted by Crippen LogP contribution is -2.16. The predicted octanol–water partition coefficient (Wildman–Crippen LogP) is 4.07. The summed E-state index contributed by atoms with van der Waals surface area (Å²) >= 11 is 0. The number of aliphatic hydroxyl groups is 1. The van der Waals surface area contributed by atoms with Crippen LogP contribution in [-0.2, 0) is 6.18 Å². The minimum Gasteiger partial charge on any atom is -0.388 e. The number of benzene rings is 1. The average molecular weight is 262 g/mol. The van der Waals surface area contributed by atoms with Crippen LogP contribution in [0, 0.1) is 11.7 Å². The number of hydrogen-bond acceptors (Lipinski definition) is 1. The minimum atomic E-state index is -4.57. The lowest BCUT2D eigenvalue weighted by molar-refractivity contribution is -0.139. The predicted molar refractivity (Wildman–Crippen MR) is 58.3 cm³/mol. The van der Waals surface area contributed by atoms with Crippen LogP contribution in [0.5, 0.6) is 0 Å². The smallest absolute Gasteiger partial charge is 0.388 e. The van der Waals surface area contributed by atoms with E-state index in [9.17, 15) is 22.7 Å². The van der Waals surface area contributed by atoms with Gasteiger partial charge in [0.1, 0.15) is 5.82 Å². The average Bonchev–Trinajstić information content (AvgIpc) is 2.79. The van der Waals surface area contributed by atoms with Crippen LogP contribution in [0.15, 0.2) is 18.2 Å². The number of alkyl halides is 3. The van der Waals surface area contributed by atoms with Gasteiger partial charge in [-0.05, 0) is 42.5 Å². The van der Waals surface area contributed by atoms with Crippen LogP contribution in [0.25, 0.3) is 0 Å². The Morgan fingerprint density at radius 1 is 1.17 bits per heavy atom. The maximum atomic E-state index is 13.1. The van der Waals surface area contributed by atoms with Crippen molar-refractivity contribution in [3.05, 3.63) is 35.1 Å². The topological polar surface area (TPSA) is 20.2 Å². The molecule has 1 aromatic carbocycles. The molecule has 1 unspecified atom stereocenters. The summed E-state index contributed by atoms with van der Waals surface area (Å²) in [6.07, 6.45) is -2.62. The largest absolute Gasteiger partial charge is 0.416 e. The molecule has 0 radical (unpaired) electrons. The van der Waals surface area contributed by atoms with Crippen LogP contribution in [0.2, 0.25) is 0 Å². The summed E-state index contributed by atoms with van der Waals surface area (Å²) < 4.78 is 51.5. The van der Waals surface area contributed by atoms with Gasteiger partial charge in [0.25, 0.3) is 0 Å². The molecule has 1 fully saturated rings. The van der Waals surface area contributed by atoms with E-state index in [0.29, 0.717) is 18.9 Å². The Hall–Kier alpha value is -1.10. The van der Waals surface area contributed by atoms with Crippen LogP contribution >= 0.6 is 0 Å². The highest BCUT2D eigenvalue weighted by Crippen LogP contribution is 2.41. The Morgan fingerprint density at radius 3 is 2.33 bits per heavy atom. The third-order valence-electron chi connectivity index (χ3n) is 3.48. The van der Waals surface area contributed by atoms with E-state index in [2.05, 4.69) is 0 Å². The van der Waals surface area contributed by atoms with Crippen LogP contribution in [0.4, 0.5) is 17.6 Å². The minimum absolute atomic E-state index is 0.201. The molecule has 0 aliphatic heterocycles. The van der Waals surface area contributed by atoms with Crippen molar-refractivity contribution in [2.45, 2.75) is 38.0 Å². The first kappa shape index (κ1) is 13.3. The summed E-state index contributed by atoms with van der Waals surface area (Å²) in [4.78, 5) is 0. The Balaban J connectivity index is 2.38. The molecule has 0 saturated heterocycles. The van der Waals surface area contributed by atoms with E-state index in [1.807, 2.05) is 0 Å². The van der Waals surface area contributed by atoms with Gasteiger partial charge in [0.2, 0.25) is 0 Å². The molecule has 5 heteroatoms.